The molecule has 5 heteroatoms. The molecule has 0 aliphatic rings. The summed E-state index contributed by atoms with van der Waals surface area (Å²) in [6, 6.07) is 0. The lowest BCUT2D eigenvalue weighted by Gasteiger charge is -2.15. The second-order valence-electron chi connectivity index (χ2n) is 11.6. The van der Waals surface area contributed by atoms with Crippen LogP contribution in [-0.4, -0.2) is 36.4 Å². The normalized spacial score (nSPS) is 13.2. The van der Waals surface area contributed by atoms with Crippen LogP contribution in [0.1, 0.15) is 142 Å². The van der Waals surface area contributed by atoms with Gasteiger partial charge in [-0.15, -0.1) is 0 Å². The zero-order chi connectivity index (χ0) is 33.6. The summed E-state index contributed by atoms with van der Waals surface area (Å²) in [7, 11) is 0. The van der Waals surface area contributed by atoms with E-state index in [4.69, 9.17) is 9.47 Å². The van der Waals surface area contributed by atoms with Crippen molar-refractivity contribution in [2.24, 2.45) is 0 Å². The largest absolute Gasteiger partial charge is 0.462 e. The van der Waals surface area contributed by atoms with Crippen molar-refractivity contribution in [3.05, 3.63) is 85.1 Å². The van der Waals surface area contributed by atoms with E-state index in [0.717, 1.165) is 89.9 Å². The van der Waals surface area contributed by atoms with Crippen molar-refractivity contribution < 1.29 is 24.2 Å². The van der Waals surface area contributed by atoms with Crippen molar-refractivity contribution in [3.63, 3.8) is 0 Å². The van der Waals surface area contributed by atoms with Gasteiger partial charge in [0.1, 0.15) is 6.61 Å². The molecule has 0 spiro atoms. The molecule has 0 aliphatic carbocycles. The van der Waals surface area contributed by atoms with Gasteiger partial charge in [-0.05, 0) is 89.9 Å². The van der Waals surface area contributed by atoms with E-state index in [0.29, 0.717) is 12.8 Å². The minimum Gasteiger partial charge on any atom is -0.462 e. The van der Waals surface area contributed by atoms with E-state index in [-0.39, 0.29) is 25.2 Å². The van der Waals surface area contributed by atoms with Crippen LogP contribution in [0.25, 0.3) is 0 Å². The second-order valence-corrected chi connectivity index (χ2v) is 11.6. The van der Waals surface area contributed by atoms with Gasteiger partial charge >= 0.3 is 11.9 Å². The average molecular weight is 639 g/mol. The summed E-state index contributed by atoms with van der Waals surface area (Å²) < 4.78 is 10.5. The maximum Gasteiger partial charge on any atom is 0.306 e. The summed E-state index contributed by atoms with van der Waals surface area (Å²) in [5.74, 6) is -0.675. The van der Waals surface area contributed by atoms with Crippen molar-refractivity contribution in [1.29, 1.82) is 0 Å². The smallest absolute Gasteiger partial charge is 0.306 e. The van der Waals surface area contributed by atoms with Crippen LogP contribution >= 0.6 is 0 Å². The molecule has 0 saturated carbocycles. The van der Waals surface area contributed by atoms with E-state index >= 15 is 0 Å². The summed E-state index contributed by atoms with van der Waals surface area (Å²) in [4.78, 5) is 24.2. The summed E-state index contributed by atoms with van der Waals surface area (Å²) in [6.07, 6.45) is 49.2. The molecule has 0 rings (SSSR count). The maximum absolute atomic E-state index is 12.1. The third-order valence-electron chi connectivity index (χ3n) is 7.17. The van der Waals surface area contributed by atoms with Crippen molar-refractivity contribution in [2.75, 3.05) is 13.2 Å². The first kappa shape index (κ1) is 43.1. The van der Waals surface area contributed by atoms with E-state index in [1.807, 2.05) is 0 Å². The zero-order valence-electron chi connectivity index (χ0n) is 29.3. The molecule has 0 heterocycles. The molecule has 0 saturated heterocycles. The number of carbonyl (C=O) groups is 2. The Hall–Kier alpha value is -2.92. The van der Waals surface area contributed by atoms with Crippen molar-refractivity contribution >= 4 is 11.9 Å². The lowest BCUT2D eigenvalue weighted by atomic mass is 10.1. The Morgan fingerprint density at radius 3 is 1.43 bits per heavy atom. The van der Waals surface area contributed by atoms with E-state index in [1.165, 1.54) is 25.7 Å². The Balaban J connectivity index is 3.73. The highest BCUT2D eigenvalue weighted by atomic mass is 16.6. The topological polar surface area (TPSA) is 72.8 Å². The number of allylic oxidation sites excluding steroid dienone is 14. The first-order chi connectivity index (χ1) is 22.6. The number of aliphatic hydroxyl groups excluding tert-OH is 1. The van der Waals surface area contributed by atoms with Gasteiger partial charge in [-0.3, -0.25) is 9.59 Å². The average Bonchev–Trinajstić information content (AvgIpc) is 3.06. The van der Waals surface area contributed by atoms with Crippen molar-refractivity contribution in [1.82, 2.24) is 0 Å². The number of hydrogen-bond donors (Lipinski definition) is 1. The summed E-state index contributed by atoms with van der Waals surface area (Å²) in [5.41, 5.74) is 0. The summed E-state index contributed by atoms with van der Waals surface area (Å²) >= 11 is 0. The van der Waals surface area contributed by atoms with Gasteiger partial charge in [0.25, 0.3) is 0 Å². The number of rotatable bonds is 31. The standard InChI is InChI=1S/C41H66O5/c1-3-5-7-9-11-13-15-17-19-20-22-24-26-28-30-32-34-36-41(44)46-39(37-42)38-45-40(43)35-33-31-29-27-25-23-21-18-16-14-12-10-8-6-4-2/h6,8,11-14,17-19,21-22,24-25,27,39,42H,3-5,7,9-10,15-16,20,23,26,28-38H2,1-2H3/t39-/m0/s1. The van der Waals surface area contributed by atoms with Crippen molar-refractivity contribution in [3.8, 4) is 0 Å². The molecule has 5 nitrogen and oxygen atoms in total. The van der Waals surface area contributed by atoms with E-state index in [9.17, 15) is 14.7 Å². The molecular formula is C41H66O5. The minimum atomic E-state index is -0.804. The maximum atomic E-state index is 12.1. The molecule has 0 amide bonds. The van der Waals surface area contributed by atoms with Gasteiger partial charge in [0, 0.05) is 12.8 Å². The van der Waals surface area contributed by atoms with Gasteiger partial charge in [0.05, 0.1) is 6.61 Å². The fourth-order valence-electron chi connectivity index (χ4n) is 4.43. The van der Waals surface area contributed by atoms with Crippen LogP contribution in [0.2, 0.25) is 0 Å². The van der Waals surface area contributed by atoms with Gasteiger partial charge < -0.3 is 14.6 Å². The molecule has 260 valence electrons. The summed E-state index contributed by atoms with van der Waals surface area (Å²) in [6.45, 7) is 3.91. The fourth-order valence-corrected chi connectivity index (χ4v) is 4.43. The minimum absolute atomic E-state index is 0.102. The predicted octanol–water partition coefficient (Wildman–Crippen LogP) is 11.2. The second kappa shape index (κ2) is 36.5. The molecule has 0 bridgehead atoms. The molecular weight excluding hydrogens is 572 g/mol. The molecule has 0 radical (unpaired) electrons. The molecule has 0 unspecified atom stereocenters. The van der Waals surface area contributed by atoms with Crippen LogP contribution < -0.4 is 0 Å². The molecule has 1 atom stereocenters. The lowest BCUT2D eigenvalue weighted by Crippen LogP contribution is -2.28. The van der Waals surface area contributed by atoms with E-state index < -0.39 is 6.10 Å². The predicted molar refractivity (Wildman–Crippen MR) is 196 cm³/mol. The van der Waals surface area contributed by atoms with Crippen LogP contribution in [-0.2, 0) is 19.1 Å². The summed E-state index contributed by atoms with van der Waals surface area (Å²) in [5, 5.41) is 9.52. The molecule has 0 aromatic carbocycles. The Labute approximate surface area is 282 Å². The molecule has 0 aromatic rings. The number of esters is 2. The first-order valence-corrected chi connectivity index (χ1v) is 18.1. The highest BCUT2D eigenvalue weighted by molar-refractivity contribution is 5.70. The van der Waals surface area contributed by atoms with Crippen LogP contribution in [0.15, 0.2) is 85.1 Å². The highest BCUT2D eigenvalue weighted by Gasteiger charge is 2.16. The third-order valence-corrected chi connectivity index (χ3v) is 7.17. The van der Waals surface area contributed by atoms with Crippen molar-refractivity contribution in [2.45, 2.75) is 148 Å². The molecule has 0 aromatic heterocycles. The lowest BCUT2D eigenvalue weighted by molar-refractivity contribution is -0.161. The Kier molecular flexibility index (Phi) is 34.2. The SMILES string of the molecule is CCC=CCC=CCC=CCC=CCCCCC(=O)OC[C@H](CO)OC(=O)CCCCCCC=CCC=CCC=CCCCCC. The quantitative estimate of drug-likeness (QED) is 0.0465. The van der Waals surface area contributed by atoms with Gasteiger partial charge in [0.15, 0.2) is 6.10 Å². The monoisotopic (exact) mass is 638 g/mol. The van der Waals surface area contributed by atoms with E-state index in [1.54, 1.807) is 0 Å². The number of ether oxygens (including phenoxy) is 2. The third kappa shape index (κ3) is 34.0. The molecule has 46 heavy (non-hydrogen) atoms. The van der Waals surface area contributed by atoms with Crippen LogP contribution in [0.4, 0.5) is 0 Å². The number of unbranched alkanes of at least 4 members (excludes halogenated alkanes) is 9. The fraction of sp³-hybridized carbons (Fsp3) is 0.610. The van der Waals surface area contributed by atoms with E-state index in [2.05, 4.69) is 98.9 Å². The number of aliphatic hydroxyl groups is 1. The van der Waals surface area contributed by atoms with Crippen LogP contribution in [0.3, 0.4) is 0 Å². The molecule has 0 fully saturated rings. The number of hydrogen-bond acceptors (Lipinski definition) is 5. The van der Waals surface area contributed by atoms with Crippen LogP contribution in [0, 0.1) is 0 Å². The highest BCUT2D eigenvalue weighted by Crippen LogP contribution is 2.09. The van der Waals surface area contributed by atoms with Gasteiger partial charge in [-0.2, -0.15) is 0 Å². The molecule has 1 N–H and O–H groups in total. The Bertz CT molecular complexity index is 906. The Morgan fingerprint density at radius 1 is 0.522 bits per heavy atom. The van der Waals surface area contributed by atoms with Gasteiger partial charge in [-0.1, -0.05) is 125 Å². The van der Waals surface area contributed by atoms with Gasteiger partial charge in [-0.25, -0.2) is 0 Å². The van der Waals surface area contributed by atoms with Crippen LogP contribution in [0.5, 0.6) is 0 Å². The Morgan fingerprint density at radius 2 is 0.935 bits per heavy atom. The number of carbonyl (C=O) groups excluding carboxylic acids is 2. The van der Waals surface area contributed by atoms with Gasteiger partial charge in [0.2, 0.25) is 0 Å². The molecule has 0 aliphatic heterocycles. The first-order valence-electron chi connectivity index (χ1n) is 18.1. The zero-order valence-corrected chi connectivity index (χ0v) is 29.3.